The number of carbonyl (C=O) groups is 1. The van der Waals surface area contributed by atoms with E-state index < -0.39 is 12.1 Å². The van der Waals surface area contributed by atoms with Crippen LogP contribution < -0.4 is 0 Å². The number of rotatable bonds is 4. The van der Waals surface area contributed by atoms with Crippen LogP contribution in [0.5, 0.6) is 0 Å². The molecule has 0 radical (unpaired) electrons. The van der Waals surface area contributed by atoms with Crippen LogP contribution in [0.4, 0.5) is 0 Å². The van der Waals surface area contributed by atoms with Gasteiger partial charge in [0.15, 0.2) is 6.10 Å². The molecule has 0 spiro atoms. The van der Waals surface area contributed by atoms with E-state index >= 15 is 0 Å². The largest absolute Gasteiger partial charge is 0.479 e. The number of carboxylic acid groups (broad SMARTS) is 1. The summed E-state index contributed by atoms with van der Waals surface area (Å²) in [6.45, 7) is 5.57. The van der Waals surface area contributed by atoms with E-state index in [0.29, 0.717) is 17.9 Å². The van der Waals surface area contributed by atoms with Crippen LogP contribution in [-0.4, -0.2) is 47.8 Å². The average molecular weight is 269 g/mol. The first-order chi connectivity index (χ1) is 8.87. The molecule has 1 aliphatic heterocycles. The quantitative estimate of drug-likeness (QED) is 0.852. The van der Waals surface area contributed by atoms with Gasteiger partial charge in [-0.15, -0.1) is 0 Å². The van der Waals surface area contributed by atoms with Gasteiger partial charge in [-0.25, -0.2) is 4.79 Å². The van der Waals surface area contributed by atoms with Gasteiger partial charge in [-0.05, 0) is 51.0 Å². The summed E-state index contributed by atoms with van der Waals surface area (Å²) >= 11 is 0. The lowest BCUT2D eigenvalue weighted by atomic mass is 9.75. The Kier molecular flexibility index (Phi) is 4.51. The maximum atomic E-state index is 10.9. The Morgan fingerprint density at radius 3 is 2.42 bits per heavy atom. The third-order valence-corrected chi connectivity index (χ3v) is 4.81. The number of hydrogen-bond donors (Lipinski definition) is 1. The van der Waals surface area contributed by atoms with Gasteiger partial charge in [0.2, 0.25) is 0 Å². The highest BCUT2D eigenvalue weighted by atomic mass is 16.5. The van der Waals surface area contributed by atoms with Crippen molar-refractivity contribution >= 4 is 5.97 Å². The van der Waals surface area contributed by atoms with E-state index in [9.17, 15) is 4.79 Å². The molecule has 0 bridgehead atoms. The maximum Gasteiger partial charge on any atom is 0.332 e. The van der Waals surface area contributed by atoms with Crippen LogP contribution in [0.1, 0.15) is 52.4 Å². The van der Waals surface area contributed by atoms with Gasteiger partial charge >= 0.3 is 5.97 Å². The molecule has 1 N–H and O–H groups in total. The number of likely N-dealkylation sites (N-methyl/N-ethyl adjacent to an activating group) is 1. The molecule has 0 aromatic heterocycles. The lowest BCUT2D eigenvalue weighted by Crippen LogP contribution is -2.41. The predicted octanol–water partition coefficient (Wildman–Crippen LogP) is 2.52. The first-order valence-corrected chi connectivity index (χ1v) is 7.46. The molecule has 1 heterocycles. The second kappa shape index (κ2) is 5.80. The second-order valence-corrected chi connectivity index (χ2v) is 7.00. The van der Waals surface area contributed by atoms with E-state index in [-0.39, 0.29) is 6.10 Å². The Bertz CT molecular complexity index is 319. The topological polar surface area (TPSA) is 49.8 Å². The molecule has 0 aromatic rings. The van der Waals surface area contributed by atoms with Crippen molar-refractivity contribution in [3.8, 4) is 0 Å². The minimum atomic E-state index is -0.815. The molecule has 1 aliphatic carbocycles. The Morgan fingerprint density at radius 1 is 1.26 bits per heavy atom. The SMILES string of the molecule is CN(CC1CCC(C(=O)O)O1)C1CCC(C)(C)CC1. The van der Waals surface area contributed by atoms with Gasteiger partial charge in [0.1, 0.15) is 0 Å². The van der Waals surface area contributed by atoms with Crippen molar-refractivity contribution in [2.75, 3.05) is 13.6 Å². The van der Waals surface area contributed by atoms with E-state index in [1.54, 1.807) is 0 Å². The van der Waals surface area contributed by atoms with Gasteiger partial charge in [-0.1, -0.05) is 13.8 Å². The number of aliphatic carboxylic acids is 1. The van der Waals surface area contributed by atoms with Crippen molar-refractivity contribution in [2.45, 2.75) is 70.6 Å². The van der Waals surface area contributed by atoms with Crippen molar-refractivity contribution in [3.05, 3.63) is 0 Å². The molecule has 2 atom stereocenters. The molecule has 0 aromatic carbocycles. The van der Waals surface area contributed by atoms with Crippen LogP contribution in [0.3, 0.4) is 0 Å². The molecule has 2 rings (SSSR count). The minimum Gasteiger partial charge on any atom is -0.479 e. The highest BCUT2D eigenvalue weighted by Gasteiger charge is 2.33. The summed E-state index contributed by atoms with van der Waals surface area (Å²) in [7, 11) is 2.15. The number of hydrogen-bond acceptors (Lipinski definition) is 3. The zero-order chi connectivity index (χ0) is 14.0. The molecular formula is C15H27NO3. The minimum absolute atomic E-state index is 0.0982. The molecule has 4 nitrogen and oxygen atoms in total. The van der Waals surface area contributed by atoms with Gasteiger partial charge in [0, 0.05) is 12.6 Å². The van der Waals surface area contributed by atoms with E-state index in [2.05, 4.69) is 25.8 Å². The Hall–Kier alpha value is -0.610. The normalized spacial score (nSPS) is 31.8. The summed E-state index contributed by atoms with van der Waals surface area (Å²) < 4.78 is 5.58. The first kappa shape index (κ1) is 14.8. The Labute approximate surface area is 116 Å². The molecule has 0 amide bonds. The molecule has 19 heavy (non-hydrogen) atoms. The average Bonchev–Trinajstić information content (AvgIpc) is 2.77. The third kappa shape index (κ3) is 3.93. The van der Waals surface area contributed by atoms with Crippen molar-refractivity contribution in [3.63, 3.8) is 0 Å². The van der Waals surface area contributed by atoms with Crippen molar-refractivity contribution in [2.24, 2.45) is 5.41 Å². The van der Waals surface area contributed by atoms with Gasteiger partial charge < -0.3 is 14.7 Å². The lowest BCUT2D eigenvalue weighted by Gasteiger charge is -2.39. The van der Waals surface area contributed by atoms with Crippen molar-refractivity contribution in [1.82, 2.24) is 4.90 Å². The highest BCUT2D eigenvalue weighted by Crippen LogP contribution is 2.36. The van der Waals surface area contributed by atoms with E-state index in [1.165, 1.54) is 25.7 Å². The molecule has 2 fully saturated rings. The predicted molar refractivity (Wildman–Crippen MR) is 74.2 cm³/mol. The van der Waals surface area contributed by atoms with Crippen LogP contribution >= 0.6 is 0 Å². The fraction of sp³-hybridized carbons (Fsp3) is 0.933. The van der Waals surface area contributed by atoms with Crippen LogP contribution in [0.2, 0.25) is 0 Å². The molecule has 2 unspecified atom stereocenters. The summed E-state index contributed by atoms with van der Waals surface area (Å²) in [6.07, 6.45) is 6.11. The Morgan fingerprint density at radius 2 is 1.89 bits per heavy atom. The second-order valence-electron chi connectivity index (χ2n) is 7.00. The summed E-state index contributed by atoms with van der Waals surface area (Å²) in [5.74, 6) is -0.815. The first-order valence-electron chi connectivity index (χ1n) is 7.46. The molecule has 110 valence electrons. The summed E-state index contributed by atoms with van der Waals surface area (Å²) in [4.78, 5) is 13.2. The standard InChI is InChI=1S/C15H27NO3/c1-15(2)8-6-11(7-9-15)16(3)10-12-4-5-13(19-12)14(17)18/h11-13H,4-10H2,1-3H3,(H,17,18). The molecule has 1 saturated heterocycles. The third-order valence-electron chi connectivity index (χ3n) is 4.81. The van der Waals surface area contributed by atoms with Crippen LogP contribution in [0, 0.1) is 5.41 Å². The number of nitrogens with zero attached hydrogens (tertiary/aromatic N) is 1. The molecular weight excluding hydrogens is 242 g/mol. The molecule has 1 saturated carbocycles. The molecule has 4 heteroatoms. The smallest absolute Gasteiger partial charge is 0.332 e. The summed E-state index contributed by atoms with van der Waals surface area (Å²) in [5.41, 5.74) is 0.496. The van der Waals surface area contributed by atoms with Gasteiger partial charge in [-0.3, -0.25) is 0 Å². The summed E-state index contributed by atoms with van der Waals surface area (Å²) in [6, 6.07) is 0.639. The van der Waals surface area contributed by atoms with Crippen LogP contribution in [0.15, 0.2) is 0 Å². The molecule has 2 aliphatic rings. The van der Waals surface area contributed by atoms with E-state index in [4.69, 9.17) is 9.84 Å². The van der Waals surface area contributed by atoms with Crippen LogP contribution in [-0.2, 0) is 9.53 Å². The fourth-order valence-electron chi connectivity index (χ4n) is 3.32. The van der Waals surface area contributed by atoms with Gasteiger partial charge in [0.05, 0.1) is 6.10 Å². The zero-order valence-electron chi connectivity index (χ0n) is 12.4. The van der Waals surface area contributed by atoms with E-state index in [0.717, 1.165) is 13.0 Å². The van der Waals surface area contributed by atoms with Crippen molar-refractivity contribution in [1.29, 1.82) is 0 Å². The summed E-state index contributed by atoms with van der Waals surface area (Å²) in [5, 5.41) is 8.93. The fourth-order valence-corrected chi connectivity index (χ4v) is 3.32. The van der Waals surface area contributed by atoms with Gasteiger partial charge in [0.25, 0.3) is 0 Å². The number of carboxylic acids is 1. The van der Waals surface area contributed by atoms with Crippen LogP contribution in [0.25, 0.3) is 0 Å². The zero-order valence-corrected chi connectivity index (χ0v) is 12.4. The van der Waals surface area contributed by atoms with Crippen molar-refractivity contribution < 1.29 is 14.6 Å². The van der Waals surface area contributed by atoms with Gasteiger partial charge in [-0.2, -0.15) is 0 Å². The highest BCUT2D eigenvalue weighted by molar-refractivity contribution is 5.72. The maximum absolute atomic E-state index is 10.9. The van der Waals surface area contributed by atoms with E-state index in [1.807, 2.05) is 0 Å². The monoisotopic (exact) mass is 269 g/mol. The number of ether oxygens (including phenoxy) is 1. The Balaban J connectivity index is 1.76. The lowest BCUT2D eigenvalue weighted by molar-refractivity contribution is -0.149.